The summed E-state index contributed by atoms with van der Waals surface area (Å²) in [4.78, 5) is 35.2. The zero-order chi connectivity index (χ0) is 28.2. The average Bonchev–Trinajstić information content (AvgIpc) is 3.43. The number of fused-ring (bicyclic) bond motifs is 1. The molecule has 1 aliphatic carbocycles. The number of nitrogen functional groups attached to an aromatic ring is 1. The van der Waals surface area contributed by atoms with Gasteiger partial charge in [0.15, 0.2) is 11.2 Å². The lowest BCUT2D eigenvalue weighted by molar-refractivity contribution is -0.146. The van der Waals surface area contributed by atoms with Gasteiger partial charge in [0.05, 0.1) is 31.7 Å². The number of aromatic nitrogens is 4. The number of aromatic amines is 1. The molecule has 210 valence electrons. The summed E-state index contributed by atoms with van der Waals surface area (Å²) < 4.78 is 36.8. The third-order valence-electron chi connectivity index (χ3n) is 6.25. The van der Waals surface area contributed by atoms with Gasteiger partial charge in [-0.25, -0.2) is 9.55 Å². The van der Waals surface area contributed by atoms with E-state index < -0.39 is 43.4 Å². The number of hydrogen-bond acceptors (Lipinski definition) is 11. The molecule has 15 heteroatoms. The second-order valence-electron chi connectivity index (χ2n) is 8.98. The number of hydrogen-bond donors (Lipinski definition) is 4. The van der Waals surface area contributed by atoms with Crippen molar-refractivity contribution in [2.24, 2.45) is 5.92 Å². The lowest BCUT2D eigenvalue weighted by Crippen LogP contribution is -2.36. The fraction of sp³-hybridized carbons (Fsp3) is 0.417. The number of carbonyl (C=O) groups excluding carboxylic acids is 1. The van der Waals surface area contributed by atoms with Crippen LogP contribution >= 0.6 is 7.75 Å². The Morgan fingerprint density at radius 1 is 1.36 bits per heavy atom. The molecule has 2 unspecified atom stereocenters. The molecule has 1 fully saturated rings. The number of carbonyl (C=O) groups is 1. The van der Waals surface area contributed by atoms with Gasteiger partial charge >= 0.3 is 13.7 Å². The zero-order valence-electron chi connectivity index (χ0n) is 21.5. The van der Waals surface area contributed by atoms with E-state index in [1.165, 1.54) is 20.4 Å². The monoisotopic (exact) mass is 562 g/mol. The fourth-order valence-corrected chi connectivity index (χ4v) is 5.76. The number of para-hydroxylation sites is 1. The predicted octanol–water partition coefficient (Wildman–Crippen LogP) is 1.55. The second-order valence-corrected chi connectivity index (χ2v) is 10.7. The van der Waals surface area contributed by atoms with Crippen LogP contribution in [0.25, 0.3) is 11.2 Å². The molecular weight excluding hydrogens is 531 g/mol. The van der Waals surface area contributed by atoms with Crippen LogP contribution < -0.4 is 20.9 Å². The van der Waals surface area contributed by atoms with Crippen LogP contribution in [-0.4, -0.2) is 69.7 Å². The first kappa shape index (κ1) is 28.5. The van der Waals surface area contributed by atoms with Crippen LogP contribution in [-0.2, 0) is 23.4 Å². The maximum absolute atomic E-state index is 13.8. The minimum absolute atomic E-state index is 0.0246. The summed E-state index contributed by atoms with van der Waals surface area (Å²) in [7, 11) is -2.68. The Morgan fingerprint density at radius 2 is 2.10 bits per heavy atom. The van der Waals surface area contributed by atoms with E-state index in [-0.39, 0.29) is 49.1 Å². The summed E-state index contributed by atoms with van der Waals surface area (Å²) in [5.41, 5.74) is 6.11. The van der Waals surface area contributed by atoms with Gasteiger partial charge in [-0.05, 0) is 31.1 Å². The first-order chi connectivity index (χ1) is 18.6. The van der Waals surface area contributed by atoms with E-state index in [1.54, 1.807) is 34.9 Å². The first-order valence-corrected chi connectivity index (χ1v) is 13.7. The Balaban J connectivity index is 1.50. The van der Waals surface area contributed by atoms with Crippen LogP contribution in [0.15, 0.2) is 53.6 Å². The number of nitrogens with one attached hydrogen (secondary N) is 2. The lowest BCUT2D eigenvalue weighted by Gasteiger charge is -2.25. The Bertz CT molecular complexity index is 1430. The molecule has 14 nitrogen and oxygen atoms in total. The molecule has 1 aliphatic rings. The Kier molecular flexibility index (Phi) is 8.83. The molecule has 3 aromatic rings. The molecule has 0 amide bonds. The molecule has 5 atom stereocenters. The quantitative estimate of drug-likeness (QED) is 0.108. The number of anilines is 1. The van der Waals surface area contributed by atoms with Crippen molar-refractivity contribution in [2.45, 2.75) is 31.5 Å². The van der Waals surface area contributed by atoms with Crippen molar-refractivity contribution in [3.63, 3.8) is 0 Å². The van der Waals surface area contributed by atoms with Gasteiger partial charge in [-0.1, -0.05) is 24.8 Å². The number of benzene rings is 1. The first-order valence-electron chi connectivity index (χ1n) is 12.1. The molecule has 4 rings (SSSR count). The van der Waals surface area contributed by atoms with Gasteiger partial charge in [0.25, 0.3) is 5.56 Å². The summed E-state index contributed by atoms with van der Waals surface area (Å²) in [6, 6.07) is 6.79. The van der Waals surface area contributed by atoms with Crippen molar-refractivity contribution in [3.8, 4) is 5.75 Å². The third kappa shape index (κ3) is 6.54. The van der Waals surface area contributed by atoms with Gasteiger partial charge in [0.1, 0.15) is 18.4 Å². The number of ether oxygens (including phenoxy) is 2. The molecule has 0 radical (unpaired) electrons. The smallest absolute Gasteiger partial charge is 0.459 e. The fourth-order valence-electron chi connectivity index (χ4n) is 4.25. The van der Waals surface area contributed by atoms with E-state index in [4.69, 9.17) is 24.3 Å². The van der Waals surface area contributed by atoms with Crippen molar-refractivity contribution in [3.05, 3.63) is 59.2 Å². The van der Waals surface area contributed by atoms with Crippen molar-refractivity contribution in [2.75, 3.05) is 32.7 Å². The average molecular weight is 563 g/mol. The largest absolute Gasteiger partial charge is 0.462 e. The number of aliphatic hydroxyl groups is 1. The Morgan fingerprint density at radius 3 is 2.82 bits per heavy atom. The van der Waals surface area contributed by atoms with Crippen LogP contribution in [0.2, 0.25) is 0 Å². The van der Waals surface area contributed by atoms with E-state index in [0.717, 1.165) is 0 Å². The SMILES string of the molecule is C=C1C(CO[P@@](=O)(N[C@@H](C)C(=O)OCCOC)Oc2ccccc2)[C@@H](O)CC1n1cnc2c(=O)[nH]c(N)nc21. The number of aliphatic hydroxyl groups excluding tert-OH is 1. The molecular formula is C24H31N6O8P. The highest BCUT2D eigenvalue weighted by Gasteiger charge is 2.41. The van der Waals surface area contributed by atoms with E-state index in [0.29, 0.717) is 5.57 Å². The van der Waals surface area contributed by atoms with E-state index >= 15 is 0 Å². The summed E-state index contributed by atoms with van der Waals surface area (Å²) in [6.45, 7) is 5.57. The van der Waals surface area contributed by atoms with Gasteiger partial charge in [-0.2, -0.15) is 10.1 Å². The number of esters is 1. The van der Waals surface area contributed by atoms with Crippen LogP contribution in [0.1, 0.15) is 19.4 Å². The van der Waals surface area contributed by atoms with E-state index in [1.807, 2.05) is 0 Å². The molecule has 2 aromatic heterocycles. The number of methoxy groups -OCH3 is 1. The summed E-state index contributed by atoms with van der Waals surface area (Å²) in [6.07, 6.45) is 0.715. The number of H-pyrrole nitrogens is 1. The predicted molar refractivity (Wildman–Crippen MR) is 141 cm³/mol. The van der Waals surface area contributed by atoms with Crippen LogP contribution in [0, 0.1) is 5.92 Å². The molecule has 1 aromatic carbocycles. The summed E-state index contributed by atoms with van der Waals surface area (Å²) >= 11 is 0. The van der Waals surface area contributed by atoms with Crippen LogP contribution in [0.5, 0.6) is 5.75 Å². The van der Waals surface area contributed by atoms with Crippen LogP contribution in [0.3, 0.4) is 0 Å². The zero-order valence-corrected chi connectivity index (χ0v) is 22.4. The maximum Gasteiger partial charge on any atom is 0.459 e. The third-order valence-corrected chi connectivity index (χ3v) is 7.89. The van der Waals surface area contributed by atoms with Crippen molar-refractivity contribution in [1.82, 2.24) is 24.6 Å². The van der Waals surface area contributed by atoms with Gasteiger partial charge in [0, 0.05) is 13.0 Å². The molecule has 0 aliphatic heterocycles. The van der Waals surface area contributed by atoms with Gasteiger partial charge in [-0.15, -0.1) is 0 Å². The van der Waals surface area contributed by atoms with Gasteiger partial charge in [0.2, 0.25) is 5.95 Å². The topological polar surface area (TPSA) is 193 Å². The second kappa shape index (κ2) is 12.1. The summed E-state index contributed by atoms with van der Waals surface area (Å²) in [5.74, 6) is -1.16. The van der Waals surface area contributed by atoms with E-state index in [2.05, 4.69) is 26.6 Å². The number of imidazole rings is 1. The van der Waals surface area contributed by atoms with Crippen molar-refractivity contribution >= 4 is 30.8 Å². The van der Waals surface area contributed by atoms with Crippen molar-refractivity contribution < 1.29 is 33.0 Å². The molecule has 5 N–H and O–H groups in total. The Labute approximate surface area is 223 Å². The Hall–Kier alpha value is -3.55. The highest BCUT2D eigenvalue weighted by atomic mass is 31.2. The molecule has 1 saturated carbocycles. The highest BCUT2D eigenvalue weighted by molar-refractivity contribution is 7.52. The maximum atomic E-state index is 13.8. The number of nitrogens with two attached hydrogens (primary N) is 1. The molecule has 2 heterocycles. The summed E-state index contributed by atoms with van der Waals surface area (Å²) in [5, 5.41) is 13.5. The molecule has 0 spiro atoms. The van der Waals surface area contributed by atoms with Crippen LogP contribution in [0.4, 0.5) is 5.95 Å². The van der Waals surface area contributed by atoms with Gasteiger partial charge in [-0.3, -0.25) is 19.1 Å². The molecule has 39 heavy (non-hydrogen) atoms. The van der Waals surface area contributed by atoms with Crippen molar-refractivity contribution in [1.29, 1.82) is 0 Å². The molecule has 0 bridgehead atoms. The number of rotatable bonds is 12. The van der Waals surface area contributed by atoms with E-state index in [9.17, 15) is 19.3 Å². The molecule has 0 saturated heterocycles. The minimum atomic E-state index is -4.16. The number of nitrogens with zero attached hydrogens (tertiary/aromatic N) is 3. The standard InChI is InChI=1S/C24H31N6O8P/c1-14-17(19(31)11-18(14)30-13-26-20-21(30)27-24(25)28-22(20)32)12-37-39(34,38-16-7-5-4-6-8-16)29-15(2)23(33)36-10-9-35-3/h4-8,13,15,17-19,31H,1,9-12H2,2-3H3,(H,29,34)(H3,25,27,28,32)/t15-,17?,18?,19-,39-/m0/s1. The highest BCUT2D eigenvalue weighted by Crippen LogP contribution is 2.48. The normalized spacial score (nSPS) is 21.5. The lowest BCUT2D eigenvalue weighted by atomic mass is 10.0. The van der Waals surface area contributed by atoms with Gasteiger partial charge < -0.3 is 29.4 Å². The minimum Gasteiger partial charge on any atom is -0.462 e.